The highest BCUT2D eigenvalue weighted by molar-refractivity contribution is 7.90. The molecule has 0 spiro atoms. The summed E-state index contributed by atoms with van der Waals surface area (Å²) < 4.78 is 35.1. The molecule has 2 aromatic rings. The zero-order chi connectivity index (χ0) is 31.5. The van der Waals surface area contributed by atoms with E-state index in [0.717, 1.165) is 86.5 Å². The van der Waals surface area contributed by atoms with E-state index in [-0.39, 0.29) is 35.3 Å². The Kier molecular flexibility index (Phi) is 10.8. The van der Waals surface area contributed by atoms with E-state index in [9.17, 15) is 9.35 Å². The first-order chi connectivity index (χ1) is 21.8. The van der Waals surface area contributed by atoms with E-state index in [2.05, 4.69) is 28.7 Å². The predicted molar refractivity (Wildman–Crippen MR) is 179 cm³/mol. The Morgan fingerprint density at radius 3 is 2.58 bits per heavy atom. The number of benzene rings is 2. The zero-order valence-electron chi connectivity index (χ0n) is 26.5. The van der Waals surface area contributed by atoms with Crippen molar-refractivity contribution in [2.75, 3.05) is 31.2 Å². The minimum absolute atomic E-state index is 0.0818. The summed E-state index contributed by atoms with van der Waals surface area (Å²) in [5.41, 5.74) is 9.87. The quantitative estimate of drug-likeness (QED) is 0.362. The Morgan fingerprint density at radius 2 is 1.80 bits per heavy atom. The summed E-state index contributed by atoms with van der Waals surface area (Å²) in [6.45, 7) is 7.28. The summed E-state index contributed by atoms with van der Waals surface area (Å²) in [7, 11) is 0. The smallest absolute Gasteiger partial charge is 0.292 e. The molecule has 0 radical (unpaired) electrons. The fourth-order valence-corrected chi connectivity index (χ4v) is 8.68. The number of nitrogens with two attached hydrogens (primary N) is 1. The highest BCUT2D eigenvalue weighted by Crippen LogP contribution is 2.46. The van der Waals surface area contributed by atoms with Crippen LogP contribution in [0, 0.1) is 23.7 Å². The number of halogens is 1. The molecule has 10 heteroatoms. The number of nitrogens with zero attached hydrogens (tertiary/aromatic N) is 1. The third kappa shape index (κ3) is 7.77. The second kappa shape index (κ2) is 14.8. The Balaban J connectivity index is 1.34. The first kappa shape index (κ1) is 32.9. The molecule has 3 aliphatic heterocycles. The van der Waals surface area contributed by atoms with Gasteiger partial charge >= 0.3 is 0 Å². The lowest BCUT2D eigenvalue weighted by atomic mass is 9.65. The third-order valence-electron chi connectivity index (χ3n) is 10.5. The Bertz CT molecular complexity index is 1320. The first-order valence-corrected chi connectivity index (χ1v) is 18.4. The minimum Gasteiger partial charge on any atom is -0.593 e. The van der Waals surface area contributed by atoms with E-state index < -0.39 is 11.4 Å². The van der Waals surface area contributed by atoms with Crippen molar-refractivity contribution in [3.63, 3.8) is 0 Å². The average Bonchev–Trinajstić information content (AvgIpc) is 3.05. The van der Waals surface area contributed by atoms with Gasteiger partial charge in [0, 0.05) is 35.5 Å². The maximum absolute atomic E-state index is 13.4. The Labute approximate surface area is 276 Å². The molecule has 6 rings (SSSR count). The molecule has 2 aromatic carbocycles. The van der Waals surface area contributed by atoms with Crippen LogP contribution in [-0.2, 0) is 33.9 Å². The third-order valence-corrected chi connectivity index (χ3v) is 12.3. The molecule has 1 amide bonds. The molecule has 246 valence electrons. The molecule has 2 bridgehead atoms. The van der Waals surface area contributed by atoms with Crippen molar-refractivity contribution in [3.05, 3.63) is 58.1 Å². The number of amides is 1. The van der Waals surface area contributed by atoms with Crippen molar-refractivity contribution in [3.8, 4) is 5.75 Å². The number of ether oxygens (including phenoxy) is 3. The molecule has 3 N–H and O–H groups in total. The van der Waals surface area contributed by atoms with Crippen LogP contribution < -0.4 is 20.1 Å². The van der Waals surface area contributed by atoms with E-state index >= 15 is 0 Å². The minimum atomic E-state index is -1.51. The number of carbonyl (C=O) groups is 1. The summed E-state index contributed by atoms with van der Waals surface area (Å²) >= 11 is 4.86. The van der Waals surface area contributed by atoms with Gasteiger partial charge in [0.05, 0.1) is 36.3 Å². The molecule has 6 atom stereocenters. The lowest BCUT2D eigenvalue weighted by molar-refractivity contribution is -0.229. The summed E-state index contributed by atoms with van der Waals surface area (Å²) in [5, 5.41) is 0.565. The second-order valence-corrected chi connectivity index (χ2v) is 15.6. The van der Waals surface area contributed by atoms with Gasteiger partial charge in [0.25, 0.3) is 5.91 Å². The molecular weight excluding hydrogens is 610 g/mol. The van der Waals surface area contributed by atoms with Crippen LogP contribution in [-0.4, -0.2) is 54.3 Å². The number of hydrogen-bond donors (Lipinski definition) is 2. The lowest BCUT2D eigenvalue weighted by Gasteiger charge is -2.47. The summed E-state index contributed by atoms with van der Waals surface area (Å²) in [5.74, 6) is 1.84. The van der Waals surface area contributed by atoms with E-state index in [0.29, 0.717) is 37.2 Å². The van der Waals surface area contributed by atoms with Gasteiger partial charge in [-0.3, -0.25) is 4.79 Å². The molecule has 45 heavy (non-hydrogen) atoms. The van der Waals surface area contributed by atoms with E-state index in [1.807, 2.05) is 25.1 Å². The van der Waals surface area contributed by atoms with Crippen LogP contribution in [0.5, 0.6) is 5.75 Å². The average molecular weight is 658 g/mol. The standard InChI is InChI=1S/C35H48ClN3O5S/c1-22-6-5-8-31(35-43-20-29(37)21-44-35)30-13-10-26(30)18-39-15-4-3-7-24-16-28(36)12-9-27(24)19-42-33-14-11-25(17-32(33)39)34(40)38-45(41)23(22)2/h9,11-12,14,16-17,22-23,26,29-31,35H,3-8,10,13,15,18-21,37H2,1-2H3,(H,38,40)/t22-,23+,26-,29?,30+,31-,35?,45?/m0/s1. The van der Waals surface area contributed by atoms with E-state index in [4.69, 9.17) is 31.5 Å². The Hall–Kier alpha value is -2.01. The van der Waals surface area contributed by atoms with Crippen LogP contribution in [0.3, 0.4) is 0 Å². The molecule has 8 nitrogen and oxygen atoms in total. The van der Waals surface area contributed by atoms with Gasteiger partial charge in [-0.2, -0.15) is 4.72 Å². The van der Waals surface area contributed by atoms with Crippen molar-refractivity contribution in [2.45, 2.75) is 89.4 Å². The number of anilines is 1. The van der Waals surface area contributed by atoms with Gasteiger partial charge in [0.2, 0.25) is 0 Å². The maximum atomic E-state index is 13.4. The number of carbonyl (C=O) groups excluding carboxylic acids is 1. The van der Waals surface area contributed by atoms with Gasteiger partial charge < -0.3 is 29.4 Å². The van der Waals surface area contributed by atoms with E-state index in [1.165, 1.54) is 5.56 Å². The van der Waals surface area contributed by atoms with Crippen molar-refractivity contribution in [1.82, 2.24) is 4.72 Å². The van der Waals surface area contributed by atoms with Crippen LogP contribution in [0.2, 0.25) is 5.02 Å². The number of nitrogens with one attached hydrogen (secondary N) is 1. The van der Waals surface area contributed by atoms with Crippen LogP contribution in [0.1, 0.15) is 80.3 Å². The van der Waals surface area contributed by atoms with Crippen LogP contribution in [0.4, 0.5) is 5.69 Å². The van der Waals surface area contributed by atoms with Gasteiger partial charge in [0.1, 0.15) is 17.6 Å². The van der Waals surface area contributed by atoms with Crippen molar-refractivity contribution < 1.29 is 23.6 Å². The fourth-order valence-electron chi connectivity index (χ4n) is 7.44. The van der Waals surface area contributed by atoms with Gasteiger partial charge in [-0.1, -0.05) is 31.0 Å². The summed E-state index contributed by atoms with van der Waals surface area (Å²) in [6.07, 6.45) is 7.92. The van der Waals surface area contributed by atoms with Crippen molar-refractivity contribution in [2.24, 2.45) is 29.4 Å². The normalized spacial score (nSPS) is 33.4. The number of hydrogen-bond acceptors (Lipinski definition) is 7. The second-order valence-electron chi connectivity index (χ2n) is 13.6. The first-order valence-electron chi connectivity index (χ1n) is 16.8. The van der Waals surface area contributed by atoms with Crippen LogP contribution in [0.25, 0.3) is 0 Å². The Morgan fingerprint density at radius 1 is 0.978 bits per heavy atom. The lowest BCUT2D eigenvalue weighted by Crippen LogP contribution is -2.50. The highest BCUT2D eigenvalue weighted by Gasteiger charge is 2.43. The summed E-state index contributed by atoms with van der Waals surface area (Å²) in [4.78, 5) is 15.9. The van der Waals surface area contributed by atoms with Gasteiger partial charge in [-0.05, 0) is 105 Å². The molecule has 1 saturated carbocycles. The van der Waals surface area contributed by atoms with E-state index in [1.54, 1.807) is 6.07 Å². The van der Waals surface area contributed by atoms with Gasteiger partial charge in [-0.15, -0.1) is 0 Å². The van der Waals surface area contributed by atoms with Crippen LogP contribution >= 0.6 is 11.6 Å². The number of rotatable bonds is 1. The fraction of sp³-hybridized carbons (Fsp3) is 0.629. The molecule has 1 unspecified atom stereocenters. The molecular formula is C35H48ClN3O5S. The molecule has 4 aliphatic rings. The topological polar surface area (TPSA) is 109 Å². The number of aryl methyl sites for hydroxylation is 1. The SMILES string of the molecule is C[C@@H]1[C@@H](C)CCC[C@H](C2OCC(N)CO2)[C@@H]2CC[C@H]2CN2CCCCc3cc(Cl)ccc3COc3ccc(cc32)C(=O)N[S+]1[O-]. The molecule has 2 fully saturated rings. The maximum Gasteiger partial charge on any atom is 0.292 e. The van der Waals surface area contributed by atoms with Gasteiger partial charge in [-0.25, -0.2) is 0 Å². The predicted octanol–water partition coefficient (Wildman–Crippen LogP) is 6.01. The number of fused-ring (bicyclic) bond motifs is 3. The monoisotopic (exact) mass is 657 g/mol. The summed E-state index contributed by atoms with van der Waals surface area (Å²) in [6, 6.07) is 11.6. The zero-order valence-corrected chi connectivity index (χ0v) is 28.1. The molecule has 1 saturated heterocycles. The molecule has 1 aliphatic carbocycles. The van der Waals surface area contributed by atoms with Crippen LogP contribution in [0.15, 0.2) is 36.4 Å². The highest BCUT2D eigenvalue weighted by atomic mass is 35.5. The molecule has 0 aromatic heterocycles. The van der Waals surface area contributed by atoms with Crippen molar-refractivity contribution in [1.29, 1.82) is 0 Å². The molecule has 3 heterocycles. The van der Waals surface area contributed by atoms with Gasteiger partial charge in [0.15, 0.2) is 6.29 Å². The largest absolute Gasteiger partial charge is 0.593 e. The van der Waals surface area contributed by atoms with Crippen molar-refractivity contribution >= 4 is 34.6 Å².